The summed E-state index contributed by atoms with van der Waals surface area (Å²) in [4.78, 5) is 17.1. The number of hydrogen-bond acceptors (Lipinski definition) is 4. The molecule has 0 fully saturated rings. The summed E-state index contributed by atoms with van der Waals surface area (Å²) in [5, 5.41) is 3.03. The zero-order valence-electron chi connectivity index (χ0n) is 16.6. The highest BCUT2D eigenvalue weighted by Gasteiger charge is 2.24. The third kappa shape index (κ3) is 4.17. The summed E-state index contributed by atoms with van der Waals surface area (Å²) in [7, 11) is 3.50. The average Bonchev–Trinajstić information content (AvgIpc) is 3.11. The molecular formula is C22H25N3O3. The Kier molecular flexibility index (Phi) is 5.99. The minimum Gasteiger partial charge on any atom is -0.496 e. The van der Waals surface area contributed by atoms with Crippen LogP contribution in [-0.2, 0) is 11.8 Å². The van der Waals surface area contributed by atoms with Gasteiger partial charge in [0.25, 0.3) is 5.91 Å². The van der Waals surface area contributed by atoms with Gasteiger partial charge in [0.1, 0.15) is 23.4 Å². The average molecular weight is 379 g/mol. The first-order chi connectivity index (χ1) is 13.5. The van der Waals surface area contributed by atoms with Gasteiger partial charge in [0.2, 0.25) is 0 Å². The zero-order valence-corrected chi connectivity index (χ0v) is 16.6. The molecule has 2 aromatic carbocycles. The first-order valence-electron chi connectivity index (χ1n) is 9.09. The fourth-order valence-corrected chi connectivity index (χ4v) is 3.21. The summed E-state index contributed by atoms with van der Waals surface area (Å²) in [6.07, 6.45) is 3.55. The van der Waals surface area contributed by atoms with Crippen molar-refractivity contribution in [2.45, 2.75) is 19.9 Å². The number of nitrogens with one attached hydrogen (secondary N) is 1. The minimum absolute atomic E-state index is 0.0816. The lowest BCUT2D eigenvalue weighted by Crippen LogP contribution is -2.34. The second kappa shape index (κ2) is 8.61. The monoisotopic (exact) mass is 379 g/mol. The molecule has 0 bridgehead atoms. The molecule has 0 aliphatic rings. The Labute approximate surface area is 165 Å². The Morgan fingerprint density at radius 1 is 1.14 bits per heavy atom. The van der Waals surface area contributed by atoms with E-state index in [1.807, 2.05) is 74.1 Å². The first kappa shape index (κ1) is 19.5. The van der Waals surface area contributed by atoms with Gasteiger partial charge < -0.3 is 19.4 Å². The fourth-order valence-electron chi connectivity index (χ4n) is 3.21. The Hall–Kier alpha value is -3.28. The maximum atomic E-state index is 12.7. The molecule has 1 N–H and O–H groups in total. The largest absolute Gasteiger partial charge is 0.496 e. The van der Waals surface area contributed by atoms with Crippen LogP contribution in [0.15, 0.2) is 54.9 Å². The topological polar surface area (TPSA) is 65.4 Å². The number of aromatic nitrogens is 2. The third-order valence-electron chi connectivity index (χ3n) is 4.63. The maximum absolute atomic E-state index is 12.7. The molecular weight excluding hydrogens is 354 g/mol. The van der Waals surface area contributed by atoms with E-state index in [-0.39, 0.29) is 12.5 Å². The number of aryl methyl sites for hydroxylation is 3. The van der Waals surface area contributed by atoms with E-state index in [9.17, 15) is 4.79 Å². The minimum atomic E-state index is -0.454. The van der Waals surface area contributed by atoms with Gasteiger partial charge in [-0.05, 0) is 31.0 Å². The van der Waals surface area contributed by atoms with Gasteiger partial charge in [0.05, 0.1) is 7.11 Å². The highest BCUT2D eigenvalue weighted by molar-refractivity contribution is 5.78. The number of para-hydroxylation sites is 2. The summed E-state index contributed by atoms with van der Waals surface area (Å²) in [5.74, 6) is 1.90. The number of carbonyl (C=O) groups is 1. The molecule has 0 aliphatic heterocycles. The van der Waals surface area contributed by atoms with Crippen molar-refractivity contribution in [2.75, 3.05) is 13.7 Å². The van der Waals surface area contributed by atoms with Crippen molar-refractivity contribution >= 4 is 5.91 Å². The van der Waals surface area contributed by atoms with Crippen LogP contribution in [0.4, 0.5) is 0 Å². The van der Waals surface area contributed by atoms with Gasteiger partial charge in [0, 0.05) is 25.0 Å². The van der Waals surface area contributed by atoms with E-state index < -0.39 is 6.04 Å². The Morgan fingerprint density at radius 2 is 1.86 bits per heavy atom. The van der Waals surface area contributed by atoms with Gasteiger partial charge in [-0.2, -0.15) is 0 Å². The van der Waals surface area contributed by atoms with Crippen LogP contribution in [0.5, 0.6) is 11.5 Å². The molecule has 1 heterocycles. The fraction of sp³-hybridized carbons (Fsp3) is 0.273. The van der Waals surface area contributed by atoms with Crippen LogP contribution in [-0.4, -0.2) is 29.2 Å². The van der Waals surface area contributed by atoms with Crippen molar-refractivity contribution in [3.05, 3.63) is 77.4 Å². The van der Waals surface area contributed by atoms with E-state index in [1.165, 1.54) is 0 Å². The molecule has 1 unspecified atom stereocenters. The predicted molar refractivity (Wildman–Crippen MR) is 108 cm³/mol. The molecule has 28 heavy (non-hydrogen) atoms. The van der Waals surface area contributed by atoms with Crippen LogP contribution in [0.2, 0.25) is 0 Å². The van der Waals surface area contributed by atoms with E-state index >= 15 is 0 Å². The van der Waals surface area contributed by atoms with Gasteiger partial charge in [0.15, 0.2) is 6.61 Å². The lowest BCUT2D eigenvalue weighted by Gasteiger charge is -2.21. The third-order valence-corrected chi connectivity index (χ3v) is 4.63. The highest BCUT2D eigenvalue weighted by atomic mass is 16.5. The number of methoxy groups -OCH3 is 1. The number of carbonyl (C=O) groups excluding carboxylic acids is 1. The van der Waals surface area contributed by atoms with Gasteiger partial charge in [-0.15, -0.1) is 0 Å². The van der Waals surface area contributed by atoms with E-state index in [4.69, 9.17) is 9.47 Å². The summed E-state index contributed by atoms with van der Waals surface area (Å²) in [6.45, 7) is 3.85. The van der Waals surface area contributed by atoms with Crippen LogP contribution in [0, 0.1) is 13.8 Å². The summed E-state index contributed by atoms with van der Waals surface area (Å²) >= 11 is 0. The molecule has 0 radical (unpaired) electrons. The molecule has 1 amide bonds. The predicted octanol–water partition coefficient (Wildman–Crippen LogP) is 3.33. The van der Waals surface area contributed by atoms with Crippen molar-refractivity contribution in [3.8, 4) is 11.5 Å². The van der Waals surface area contributed by atoms with Crippen molar-refractivity contribution in [1.82, 2.24) is 14.9 Å². The standard InChI is InChI=1S/C22H25N3O3/c1-15-8-7-9-16(2)21(15)28-14-19(26)24-20(22-23-12-13-25(22)3)17-10-5-6-11-18(17)27-4/h5-13,20H,14H2,1-4H3,(H,24,26). The summed E-state index contributed by atoms with van der Waals surface area (Å²) in [5.41, 5.74) is 2.83. The summed E-state index contributed by atoms with van der Waals surface area (Å²) < 4.78 is 13.2. The molecule has 1 aromatic heterocycles. The van der Waals surface area contributed by atoms with Crippen LogP contribution in [0.25, 0.3) is 0 Å². The quantitative estimate of drug-likeness (QED) is 0.684. The highest BCUT2D eigenvalue weighted by Crippen LogP contribution is 2.29. The zero-order chi connectivity index (χ0) is 20.1. The van der Waals surface area contributed by atoms with E-state index in [2.05, 4.69) is 10.3 Å². The van der Waals surface area contributed by atoms with Crippen LogP contribution in [0.1, 0.15) is 28.6 Å². The van der Waals surface area contributed by atoms with E-state index in [0.29, 0.717) is 11.6 Å². The van der Waals surface area contributed by atoms with E-state index in [0.717, 1.165) is 22.4 Å². The SMILES string of the molecule is COc1ccccc1C(NC(=O)COc1c(C)cccc1C)c1nccn1C. The number of amides is 1. The van der Waals surface area contributed by atoms with E-state index in [1.54, 1.807) is 13.3 Å². The Morgan fingerprint density at radius 3 is 2.50 bits per heavy atom. The molecule has 1 atom stereocenters. The Bertz CT molecular complexity index is 945. The second-order valence-electron chi connectivity index (χ2n) is 6.65. The lowest BCUT2D eigenvalue weighted by molar-refractivity contribution is -0.123. The van der Waals surface area contributed by atoms with Crippen molar-refractivity contribution in [2.24, 2.45) is 7.05 Å². The normalized spacial score (nSPS) is 11.7. The smallest absolute Gasteiger partial charge is 0.258 e. The van der Waals surface area contributed by atoms with Crippen molar-refractivity contribution < 1.29 is 14.3 Å². The number of nitrogens with zero attached hydrogens (tertiary/aromatic N) is 2. The molecule has 146 valence electrons. The molecule has 6 nitrogen and oxygen atoms in total. The van der Waals surface area contributed by atoms with Crippen LogP contribution >= 0.6 is 0 Å². The van der Waals surface area contributed by atoms with Crippen LogP contribution < -0.4 is 14.8 Å². The Balaban J connectivity index is 1.82. The molecule has 0 aliphatic carbocycles. The maximum Gasteiger partial charge on any atom is 0.258 e. The first-order valence-corrected chi connectivity index (χ1v) is 9.09. The van der Waals surface area contributed by atoms with Crippen molar-refractivity contribution in [1.29, 1.82) is 0 Å². The van der Waals surface area contributed by atoms with Crippen LogP contribution in [0.3, 0.4) is 0 Å². The number of ether oxygens (including phenoxy) is 2. The molecule has 0 saturated heterocycles. The summed E-state index contributed by atoms with van der Waals surface area (Å²) in [6, 6.07) is 13.0. The number of benzene rings is 2. The molecule has 0 saturated carbocycles. The molecule has 0 spiro atoms. The number of rotatable bonds is 7. The van der Waals surface area contributed by atoms with Crippen molar-refractivity contribution in [3.63, 3.8) is 0 Å². The molecule has 6 heteroatoms. The molecule has 3 rings (SSSR count). The number of imidazole rings is 1. The second-order valence-corrected chi connectivity index (χ2v) is 6.65. The van der Waals surface area contributed by atoms with Gasteiger partial charge in [-0.25, -0.2) is 4.98 Å². The van der Waals surface area contributed by atoms with Gasteiger partial charge in [-0.1, -0.05) is 36.4 Å². The van der Waals surface area contributed by atoms with Gasteiger partial charge >= 0.3 is 0 Å². The number of hydrogen-bond donors (Lipinski definition) is 1. The lowest BCUT2D eigenvalue weighted by atomic mass is 10.0. The van der Waals surface area contributed by atoms with Gasteiger partial charge in [-0.3, -0.25) is 4.79 Å². The molecule has 3 aromatic rings.